The van der Waals surface area contributed by atoms with Gasteiger partial charge in [0.05, 0.1) is 0 Å². The van der Waals surface area contributed by atoms with Gasteiger partial charge in [0.2, 0.25) is 0 Å². The van der Waals surface area contributed by atoms with Crippen LogP contribution in [0.3, 0.4) is 0 Å². The van der Waals surface area contributed by atoms with Crippen molar-refractivity contribution in [3.63, 3.8) is 0 Å². The van der Waals surface area contributed by atoms with Crippen molar-refractivity contribution in [2.45, 2.75) is 0 Å². The van der Waals surface area contributed by atoms with E-state index in [-0.39, 0.29) is 18.4 Å². The molecule has 1 amide bonds. The summed E-state index contributed by atoms with van der Waals surface area (Å²) in [6.45, 7) is -0.309. The van der Waals surface area contributed by atoms with Crippen molar-refractivity contribution in [3.8, 4) is 0 Å². The fourth-order valence-electron chi connectivity index (χ4n) is 1.67. The second kappa shape index (κ2) is 4.18. The molecule has 0 saturated heterocycles. The van der Waals surface area contributed by atoms with E-state index in [1.54, 1.807) is 12.3 Å². The number of allylic oxidation sites excluding steroid dienone is 6. The molecule has 0 aromatic carbocycles. The molecule has 4 heteroatoms. The summed E-state index contributed by atoms with van der Waals surface area (Å²) in [6.07, 6.45) is 12.4. The average Bonchev–Trinajstić information content (AvgIpc) is 2.39. The van der Waals surface area contributed by atoms with Gasteiger partial charge >= 0.3 is 5.97 Å². The molecule has 1 heterocycles. The first kappa shape index (κ1) is 10.4. The fourth-order valence-corrected chi connectivity index (χ4v) is 1.67. The van der Waals surface area contributed by atoms with Crippen LogP contribution in [0.1, 0.15) is 0 Å². The molecule has 2 aliphatic rings. The quantitative estimate of drug-likeness (QED) is 0.753. The van der Waals surface area contributed by atoms with Crippen molar-refractivity contribution in [1.82, 2.24) is 4.90 Å². The summed E-state index contributed by atoms with van der Waals surface area (Å²) in [5.41, 5.74) is 0.922. The Morgan fingerprint density at radius 1 is 1.31 bits per heavy atom. The molecular formula is C12H11NO3. The molecule has 0 saturated carbocycles. The minimum absolute atomic E-state index is 0.0627. The number of carbonyl (C=O) groups is 2. The Bertz CT molecular complexity index is 443. The molecule has 1 N–H and O–H groups in total. The van der Waals surface area contributed by atoms with E-state index in [0.717, 1.165) is 5.57 Å². The van der Waals surface area contributed by atoms with E-state index in [4.69, 9.17) is 5.11 Å². The normalized spacial score (nSPS) is 22.8. The van der Waals surface area contributed by atoms with Gasteiger partial charge in [-0.25, -0.2) is 0 Å². The molecule has 16 heavy (non-hydrogen) atoms. The summed E-state index contributed by atoms with van der Waals surface area (Å²) in [6, 6.07) is 0. The Hall–Kier alpha value is -2.10. The summed E-state index contributed by atoms with van der Waals surface area (Å²) in [5.74, 6) is -1.26. The molecule has 0 bridgehead atoms. The van der Waals surface area contributed by atoms with Gasteiger partial charge in [-0.05, 0) is 5.57 Å². The Labute approximate surface area is 92.9 Å². The van der Waals surface area contributed by atoms with Gasteiger partial charge in [0, 0.05) is 18.2 Å². The molecule has 1 unspecified atom stereocenters. The van der Waals surface area contributed by atoms with Crippen molar-refractivity contribution in [2.75, 3.05) is 6.54 Å². The van der Waals surface area contributed by atoms with Gasteiger partial charge in [-0.2, -0.15) is 0 Å². The van der Waals surface area contributed by atoms with E-state index in [1.165, 1.54) is 11.0 Å². The number of amides is 1. The molecule has 0 aromatic rings. The summed E-state index contributed by atoms with van der Waals surface area (Å²) < 4.78 is 0. The molecule has 0 spiro atoms. The van der Waals surface area contributed by atoms with Crippen molar-refractivity contribution >= 4 is 11.9 Å². The van der Waals surface area contributed by atoms with E-state index in [0.29, 0.717) is 0 Å². The van der Waals surface area contributed by atoms with Crippen LogP contribution < -0.4 is 0 Å². The van der Waals surface area contributed by atoms with Gasteiger partial charge in [0.25, 0.3) is 5.91 Å². The maximum absolute atomic E-state index is 11.6. The maximum Gasteiger partial charge on any atom is 0.323 e. The minimum Gasteiger partial charge on any atom is -0.480 e. The van der Waals surface area contributed by atoms with Crippen molar-refractivity contribution in [2.24, 2.45) is 5.92 Å². The van der Waals surface area contributed by atoms with Gasteiger partial charge in [0.1, 0.15) is 6.54 Å². The van der Waals surface area contributed by atoms with E-state index in [2.05, 4.69) is 0 Å². The van der Waals surface area contributed by atoms with Crippen LogP contribution in [-0.2, 0) is 9.59 Å². The summed E-state index contributed by atoms with van der Waals surface area (Å²) in [7, 11) is 0. The standard InChI is InChI=1S/C12H11NO3/c14-11-6-5-9-3-1-2-4-10(9)7-13(11)8-12(15)16/h1-7,9H,8H2,(H,15,16). The fraction of sp³-hybridized carbons (Fsp3) is 0.167. The van der Waals surface area contributed by atoms with Crippen LogP contribution in [-0.4, -0.2) is 28.4 Å². The third kappa shape index (κ3) is 2.11. The largest absolute Gasteiger partial charge is 0.480 e. The van der Waals surface area contributed by atoms with E-state index < -0.39 is 5.97 Å². The monoisotopic (exact) mass is 217 g/mol. The van der Waals surface area contributed by atoms with Crippen molar-refractivity contribution in [3.05, 3.63) is 48.2 Å². The Kier molecular flexibility index (Phi) is 2.72. The number of carboxylic acid groups (broad SMARTS) is 1. The number of carbonyl (C=O) groups excluding carboxylic acids is 1. The Morgan fingerprint density at radius 3 is 2.88 bits per heavy atom. The highest BCUT2D eigenvalue weighted by molar-refractivity contribution is 5.91. The number of fused-ring (bicyclic) bond motifs is 1. The zero-order valence-corrected chi connectivity index (χ0v) is 8.54. The second-order valence-electron chi connectivity index (χ2n) is 3.62. The van der Waals surface area contributed by atoms with E-state index >= 15 is 0 Å². The van der Waals surface area contributed by atoms with Gasteiger partial charge in [-0.15, -0.1) is 0 Å². The predicted molar refractivity (Wildman–Crippen MR) is 58.3 cm³/mol. The minimum atomic E-state index is -1.02. The highest BCUT2D eigenvalue weighted by atomic mass is 16.4. The lowest BCUT2D eigenvalue weighted by atomic mass is 9.95. The summed E-state index contributed by atoms with van der Waals surface area (Å²) in [4.78, 5) is 23.4. The SMILES string of the molecule is O=C(O)CN1C=C2C=CC=CC2C=CC1=O. The van der Waals surface area contributed by atoms with Crippen LogP contribution in [0.4, 0.5) is 0 Å². The lowest BCUT2D eigenvalue weighted by molar-refractivity contribution is -0.141. The number of aliphatic carboxylic acids is 1. The Balaban J connectivity index is 2.30. The highest BCUT2D eigenvalue weighted by Crippen LogP contribution is 2.23. The van der Waals surface area contributed by atoms with Crippen LogP contribution in [0.2, 0.25) is 0 Å². The Morgan fingerprint density at radius 2 is 2.12 bits per heavy atom. The number of hydrogen-bond acceptors (Lipinski definition) is 2. The third-order valence-corrected chi connectivity index (χ3v) is 2.44. The second-order valence-corrected chi connectivity index (χ2v) is 3.62. The van der Waals surface area contributed by atoms with Crippen molar-refractivity contribution < 1.29 is 14.7 Å². The lowest BCUT2D eigenvalue weighted by Crippen LogP contribution is -2.29. The zero-order chi connectivity index (χ0) is 11.5. The van der Waals surface area contributed by atoms with Gasteiger partial charge < -0.3 is 10.0 Å². The maximum atomic E-state index is 11.6. The van der Waals surface area contributed by atoms with E-state index in [1.807, 2.05) is 24.3 Å². The molecule has 1 atom stereocenters. The predicted octanol–water partition coefficient (Wildman–Crippen LogP) is 1.10. The topological polar surface area (TPSA) is 57.6 Å². The van der Waals surface area contributed by atoms with Crippen LogP contribution in [0, 0.1) is 5.92 Å². The number of rotatable bonds is 2. The van der Waals surface area contributed by atoms with Gasteiger partial charge in [-0.3, -0.25) is 9.59 Å². The molecule has 0 radical (unpaired) electrons. The first-order valence-corrected chi connectivity index (χ1v) is 4.94. The molecule has 82 valence electrons. The summed E-state index contributed by atoms with van der Waals surface area (Å²) in [5, 5.41) is 8.69. The van der Waals surface area contributed by atoms with Crippen LogP contribution in [0.25, 0.3) is 0 Å². The molecule has 4 nitrogen and oxygen atoms in total. The number of hydrogen-bond donors (Lipinski definition) is 1. The van der Waals surface area contributed by atoms with Crippen LogP contribution in [0.5, 0.6) is 0 Å². The molecular weight excluding hydrogens is 206 g/mol. The smallest absolute Gasteiger partial charge is 0.323 e. The van der Waals surface area contributed by atoms with Gasteiger partial charge in [-0.1, -0.05) is 30.4 Å². The molecule has 0 fully saturated rings. The van der Waals surface area contributed by atoms with Gasteiger partial charge in [0.15, 0.2) is 0 Å². The molecule has 0 aromatic heterocycles. The van der Waals surface area contributed by atoms with Crippen molar-refractivity contribution in [1.29, 1.82) is 0 Å². The highest BCUT2D eigenvalue weighted by Gasteiger charge is 2.19. The first-order valence-electron chi connectivity index (χ1n) is 4.94. The molecule has 1 aliphatic carbocycles. The lowest BCUT2D eigenvalue weighted by Gasteiger charge is -2.15. The average molecular weight is 217 g/mol. The van der Waals surface area contributed by atoms with Crippen LogP contribution >= 0.6 is 0 Å². The van der Waals surface area contributed by atoms with E-state index in [9.17, 15) is 9.59 Å². The molecule has 1 aliphatic heterocycles. The molecule has 2 rings (SSSR count). The third-order valence-electron chi connectivity index (χ3n) is 2.44. The first-order chi connectivity index (χ1) is 7.66. The summed E-state index contributed by atoms with van der Waals surface area (Å²) >= 11 is 0. The number of nitrogens with zero attached hydrogens (tertiary/aromatic N) is 1. The number of carboxylic acids is 1. The zero-order valence-electron chi connectivity index (χ0n) is 8.54. The van der Waals surface area contributed by atoms with Crippen LogP contribution in [0.15, 0.2) is 48.2 Å².